The molecule has 0 radical (unpaired) electrons. The van der Waals surface area contributed by atoms with Crippen LogP contribution in [0.15, 0.2) is 60.7 Å². The Hall–Kier alpha value is -1.63. The third kappa shape index (κ3) is 2.79. The summed E-state index contributed by atoms with van der Waals surface area (Å²) in [6, 6.07) is 19.8. The van der Waals surface area contributed by atoms with Crippen molar-refractivity contribution in [2.75, 3.05) is 5.32 Å². The van der Waals surface area contributed by atoms with Crippen LogP contribution in [0.4, 0.5) is 5.69 Å². The summed E-state index contributed by atoms with van der Waals surface area (Å²) in [5, 5.41) is 6.59. The van der Waals surface area contributed by atoms with Gasteiger partial charge in [0.2, 0.25) is 0 Å². The normalized spacial score (nSPS) is 11.1. The van der Waals surface area contributed by atoms with Crippen molar-refractivity contribution in [2.45, 2.75) is 0 Å². The average Bonchev–Trinajstić information content (AvgIpc) is 2.94. The Bertz CT molecular complexity index is 1070. The van der Waals surface area contributed by atoms with Gasteiger partial charge in [0.25, 0.3) is 5.91 Å². The number of hydrogen-bond acceptors (Lipinski definition) is 2. The molecule has 0 saturated heterocycles. The van der Waals surface area contributed by atoms with Crippen molar-refractivity contribution in [1.29, 1.82) is 0 Å². The molecular formula is C19H11ClINOS. The molecule has 0 bridgehead atoms. The van der Waals surface area contributed by atoms with Crippen LogP contribution in [0.1, 0.15) is 9.67 Å². The standard InChI is InChI=1S/C19H11ClINOS/c20-17-16-14-4-2-1-3-11(14)5-10-15(16)24-18(17)19(23)22-13-8-6-12(21)7-9-13/h1-10H,(H,22,23). The van der Waals surface area contributed by atoms with Crippen LogP contribution in [0, 0.1) is 3.57 Å². The maximum atomic E-state index is 12.6. The molecule has 24 heavy (non-hydrogen) atoms. The first-order valence-electron chi connectivity index (χ1n) is 7.30. The van der Waals surface area contributed by atoms with Crippen LogP contribution in [0.3, 0.4) is 0 Å². The van der Waals surface area contributed by atoms with Gasteiger partial charge in [0.1, 0.15) is 4.88 Å². The predicted octanol–water partition coefficient (Wildman–Crippen LogP) is 6.56. The number of carbonyl (C=O) groups excluding carboxylic acids is 1. The highest BCUT2D eigenvalue weighted by Crippen LogP contribution is 2.40. The van der Waals surface area contributed by atoms with Crippen LogP contribution >= 0.6 is 45.5 Å². The highest BCUT2D eigenvalue weighted by molar-refractivity contribution is 14.1. The number of carbonyl (C=O) groups is 1. The number of hydrogen-bond donors (Lipinski definition) is 1. The van der Waals surface area contributed by atoms with E-state index in [-0.39, 0.29) is 5.91 Å². The van der Waals surface area contributed by atoms with Crippen LogP contribution in [-0.2, 0) is 0 Å². The van der Waals surface area contributed by atoms with E-state index in [0.717, 1.165) is 30.1 Å². The van der Waals surface area contributed by atoms with Crippen LogP contribution in [0.5, 0.6) is 0 Å². The van der Waals surface area contributed by atoms with Crippen molar-refractivity contribution in [2.24, 2.45) is 0 Å². The van der Waals surface area contributed by atoms with Crippen LogP contribution in [0.2, 0.25) is 5.02 Å². The summed E-state index contributed by atoms with van der Waals surface area (Å²) in [6.07, 6.45) is 0. The van der Waals surface area contributed by atoms with E-state index in [2.05, 4.69) is 34.0 Å². The minimum atomic E-state index is -0.175. The molecule has 5 heteroatoms. The zero-order chi connectivity index (χ0) is 16.7. The summed E-state index contributed by atoms with van der Waals surface area (Å²) < 4.78 is 2.14. The quantitative estimate of drug-likeness (QED) is 0.335. The number of nitrogens with one attached hydrogen (secondary N) is 1. The van der Waals surface area contributed by atoms with Crippen molar-refractivity contribution in [3.63, 3.8) is 0 Å². The van der Waals surface area contributed by atoms with Crippen molar-refractivity contribution in [1.82, 2.24) is 0 Å². The summed E-state index contributed by atoms with van der Waals surface area (Å²) in [7, 11) is 0. The Morgan fingerprint density at radius 1 is 1.00 bits per heavy atom. The molecule has 118 valence electrons. The molecule has 4 aromatic rings. The lowest BCUT2D eigenvalue weighted by atomic mass is 10.1. The highest BCUT2D eigenvalue weighted by Gasteiger charge is 2.18. The maximum absolute atomic E-state index is 12.6. The number of thiophene rings is 1. The summed E-state index contributed by atoms with van der Waals surface area (Å²) in [5.74, 6) is -0.175. The topological polar surface area (TPSA) is 29.1 Å². The largest absolute Gasteiger partial charge is 0.321 e. The van der Waals surface area contributed by atoms with E-state index in [9.17, 15) is 4.79 Å². The van der Waals surface area contributed by atoms with Gasteiger partial charge < -0.3 is 5.32 Å². The summed E-state index contributed by atoms with van der Waals surface area (Å²) in [6.45, 7) is 0. The molecule has 0 aliphatic heterocycles. The summed E-state index contributed by atoms with van der Waals surface area (Å²) >= 11 is 10.2. The summed E-state index contributed by atoms with van der Waals surface area (Å²) in [4.78, 5) is 13.2. The number of rotatable bonds is 2. The van der Waals surface area contributed by atoms with E-state index in [1.54, 1.807) is 0 Å². The molecule has 0 aliphatic carbocycles. The molecule has 4 rings (SSSR count). The molecule has 0 saturated carbocycles. The molecule has 1 N–H and O–H groups in total. The average molecular weight is 464 g/mol. The van der Waals surface area contributed by atoms with Gasteiger partial charge in [0, 0.05) is 19.3 Å². The van der Waals surface area contributed by atoms with Gasteiger partial charge in [-0.2, -0.15) is 0 Å². The first kappa shape index (κ1) is 15.9. The van der Waals surface area contributed by atoms with Gasteiger partial charge in [-0.3, -0.25) is 4.79 Å². The van der Waals surface area contributed by atoms with Crippen LogP contribution in [0.25, 0.3) is 20.9 Å². The van der Waals surface area contributed by atoms with Crippen molar-refractivity contribution in [3.8, 4) is 0 Å². The molecule has 3 aromatic carbocycles. The molecular weight excluding hydrogens is 453 g/mol. The van der Waals surface area contributed by atoms with Crippen molar-refractivity contribution in [3.05, 3.63) is 74.1 Å². The van der Waals surface area contributed by atoms with Gasteiger partial charge in [-0.1, -0.05) is 41.9 Å². The lowest BCUT2D eigenvalue weighted by molar-refractivity contribution is 0.103. The van der Waals surface area contributed by atoms with Crippen LogP contribution in [-0.4, -0.2) is 5.91 Å². The number of amides is 1. The third-order valence-electron chi connectivity index (χ3n) is 3.83. The summed E-state index contributed by atoms with van der Waals surface area (Å²) in [5.41, 5.74) is 0.763. The molecule has 2 nitrogen and oxygen atoms in total. The van der Waals surface area contributed by atoms with E-state index in [1.165, 1.54) is 11.3 Å². The minimum absolute atomic E-state index is 0.175. The third-order valence-corrected chi connectivity index (χ3v) is 6.19. The molecule has 1 amide bonds. The number of benzene rings is 3. The van der Waals surface area contributed by atoms with E-state index in [1.807, 2.05) is 54.6 Å². The number of anilines is 1. The maximum Gasteiger partial charge on any atom is 0.267 e. The Balaban J connectivity index is 1.79. The zero-order valence-corrected chi connectivity index (χ0v) is 16.1. The Morgan fingerprint density at radius 3 is 2.54 bits per heavy atom. The Kier molecular flexibility index (Phi) is 4.20. The fraction of sp³-hybridized carbons (Fsp3) is 0. The Labute approximate surface area is 161 Å². The van der Waals surface area contributed by atoms with E-state index in [4.69, 9.17) is 11.6 Å². The molecule has 1 aromatic heterocycles. The monoisotopic (exact) mass is 463 g/mol. The van der Waals surface area contributed by atoms with Gasteiger partial charge >= 0.3 is 0 Å². The number of fused-ring (bicyclic) bond motifs is 3. The molecule has 0 aliphatic rings. The van der Waals surface area contributed by atoms with Gasteiger partial charge in [-0.05, 0) is 63.7 Å². The first-order chi connectivity index (χ1) is 11.6. The molecule has 0 spiro atoms. The first-order valence-corrected chi connectivity index (χ1v) is 9.57. The van der Waals surface area contributed by atoms with E-state index < -0.39 is 0 Å². The fourth-order valence-corrected chi connectivity index (χ4v) is 4.52. The molecule has 0 fully saturated rings. The fourth-order valence-electron chi connectivity index (χ4n) is 2.70. The van der Waals surface area contributed by atoms with Crippen molar-refractivity contribution < 1.29 is 4.79 Å². The minimum Gasteiger partial charge on any atom is -0.321 e. The second-order valence-corrected chi connectivity index (χ2v) is 8.04. The van der Waals surface area contributed by atoms with Gasteiger partial charge in [0.05, 0.1) is 5.02 Å². The van der Waals surface area contributed by atoms with Crippen molar-refractivity contribution >= 4 is 78.0 Å². The van der Waals surface area contributed by atoms with Gasteiger partial charge in [0.15, 0.2) is 0 Å². The molecule has 1 heterocycles. The predicted molar refractivity (Wildman–Crippen MR) is 111 cm³/mol. The van der Waals surface area contributed by atoms with Crippen LogP contribution < -0.4 is 5.32 Å². The zero-order valence-electron chi connectivity index (χ0n) is 12.3. The van der Waals surface area contributed by atoms with Gasteiger partial charge in [-0.25, -0.2) is 0 Å². The second-order valence-electron chi connectivity index (χ2n) is 5.37. The Morgan fingerprint density at radius 2 is 1.75 bits per heavy atom. The SMILES string of the molecule is O=C(Nc1ccc(I)cc1)c1sc2ccc3ccccc3c2c1Cl. The smallest absolute Gasteiger partial charge is 0.267 e. The highest BCUT2D eigenvalue weighted by atomic mass is 127. The van der Waals surface area contributed by atoms with Gasteiger partial charge in [-0.15, -0.1) is 11.3 Å². The lowest BCUT2D eigenvalue weighted by Crippen LogP contribution is -2.10. The second kappa shape index (κ2) is 6.35. The number of halogens is 2. The molecule has 0 atom stereocenters. The lowest BCUT2D eigenvalue weighted by Gasteiger charge is -2.04. The molecule has 0 unspecified atom stereocenters. The van der Waals surface area contributed by atoms with E-state index >= 15 is 0 Å². The van der Waals surface area contributed by atoms with E-state index in [0.29, 0.717) is 9.90 Å².